The van der Waals surface area contributed by atoms with Gasteiger partial charge in [0.2, 0.25) is 5.82 Å². The summed E-state index contributed by atoms with van der Waals surface area (Å²) in [5.41, 5.74) is -1.76. The summed E-state index contributed by atoms with van der Waals surface area (Å²) in [5.74, 6) is -1.03. The molecule has 112 valence electrons. The van der Waals surface area contributed by atoms with Crippen LogP contribution in [0, 0.1) is 5.82 Å². The number of hydrogen-bond donors (Lipinski definition) is 1. The van der Waals surface area contributed by atoms with Gasteiger partial charge in [0.15, 0.2) is 0 Å². The Kier molecular flexibility index (Phi) is 6.33. The number of nitrogens with zero attached hydrogens (tertiary/aromatic N) is 1. The van der Waals surface area contributed by atoms with Crippen LogP contribution in [0.2, 0.25) is 0 Å². The van der Waals surface area contributed by atoms with Crippen LogP contribution in [0.25, 0.3) is 0 Å². The summed E-state index contributed by atoms with van der Waals surface area (Å²) >= 11 is 0. The maximum Gasteiger partial charge on any atom is 0.330 e. The van der Waals surface area contributed by atoms with E-state index in [1.165, 1.54) is 0 Å². The van der Waals surface area contributed by atoms with Gasteiger partial charge in [-0.05, 0) is 13.8 Å². The van der Waals surface area contributed by atoms with Gasteiger partial charge in [0, 0.05) is 6.42 Å². The predicted molar refractivity (Wildman–Crippen MR) is 72.2 cm³/mol. The molecule has 1 rings (SSSR count). The van der Waals surface area contributed by atoms with E-state index in [-0.39, 0.29) is 6.10 Å². The molecule has 0 aliphatic carbocycles. The smallest absolute Gasteiger partial charge is 0.330 e. The van der Waals surface area contributed by atoms with Gasteiger partial charge in [0.05, 0.1) is 25.5 Å². The molecule has 1 atom stereocenters. The van der Waals surface area contributed by atoms with Crippen molar-refractivity contribution in [2.45, 2.75) is 32.6 Å². The summed E-state index contributed by atoms with van der Waals surface area (Å²) < 4.78 is 25.1. The summed E-state index contributed by atoms with van der Waals surface area (Å²) in [5, 5.41) is 0. The molecular weight excluding hydrogens is 267 g/mol. The number of hydrogen-bond acceptors (Lipinski definition) is 4. The van der Waals surface area contributed by atoms with Crippen LogP contribution in [-0.4, -0.2) is 28.9 Å². The second-order valence-electron chi connectivity index (χ2n) is 4.44. The minimum absolute atomic E-state index is 0.165. The van der Waals surface area contributed by atoms with Gasteiger partial charge >= 0.3 is 5.69 Å². The molecule has 0 aromatic carbocycles. The SMILES string of the molecule is C=CCOCC[C@@H](OC(C)C)n1cc(F)c(=O)[nH]c1=O. The molecule has 6 nitrogen and oxygen atoms in total. The average Bonchev–Trinajstić information content (AvgIpc) is 2.37. The van der Waals surface area contributed by atoms with E-state index in [1.54, 1.807) is 19.9 Å². The van der Waals surface area contributed by atoms with Crippen LogP contribution in [0.15, 0.2) is 28.4 Å². The number of aromatic amines is 1. The molecule has 1 aromatic heterocycles. The Hall–Kier alpha value is -1.73. The lowest BCUT2D eigenvalue weighted by Crippen LogP contribution is -2.35. The zero-order valence-corrected chi connectivity index (χ0v) is 11.6. The molecule has 1 aromatic rings. The Morgan fingerprint density at radius 2 is 2.20 bits per heavy atom. The Morgan fingerprint density at radius 3 is 2.80 bits per heavy atom. The van der Waals surface area contributed by atoms with E-state index >= 15 is 0 Å². The molecule has 0 unspecified atom stereocenters. The van der Waals surface area contributed by atoms with Gasteiger partial charge < -0.3 is 9.47 Å². The molecule has 0 amide bonds. The van der Waals surface area contributed by atoms with E-state index < -0.39 is 23.3 Å². The van der Waals surface area contributed by atoms with Crippen molar-refractivity contribution in [3.63, 3.8) is 0 Å². The molecule has 20 heavy (non-hydrogen) atoms. The Morgan fingerprint density at radius 1 is 1.50 bits per heavy atom. The van der Waals surface area contributed by atoms with Gasteiger partial charge in [-0.1, -0.05) is 6.08 Å². The lowest BCUT2D eigenvalue weighted by Gasteiger charge is -2.22. The quantitative estimate of drug-likeness (QED) is 0.575. The van der Waals surface area contributed by atoms with Crippen molar-refractivity contribution >= 4 is 0 Å². The molecule has 0 aliphatic rings. The van der Waals surface area contributed by atoms with Crippen molar-refractivity contribution in [1.82, 2.24) is 9.55 Å². The van der Waals surface area contributed by atoms with Gasteiger partial charge in [-0.3, -0.25) is 14.3 Å². The fraction of sp³-hybridized carbons (Fsp3) is 0.538. The molecule has 0 bridgehead atoms. The maximum absolute atomic E-state index is 13.3. The van der Waals surface area contributed by atoms with Gasteiger partial charge in [0.25, 0.3) is 5.56 Å². The molecule has 1 N–H and O–H groups in total. The van der Waals surface area contributed by atoms with Crippen LogP contribution >= 0.6 is 0 Å². The van der Waals surface area contributed by atoms with Gasteiger partial charge in [-0.15, -0.1) is 6.58 Å². The van der Waals surface area contributed by atoms with E-state index in [9.17, 15) is 14.0 Å². The number of H-pyrrole nitrogens is 1. The molecule has 7 heteroatoms. The molecule has 0 spiro atoms. The number of nitrogens with one attached hydrogen (secondary N) is 1. The van der Waals surface area contributed by atoms with Crippen LogP contribution in [0.1, 0.15) is 26.5 Å². The largest absolute Gasteiger partial charge is 0.377 e. The Labute approximate surface area is 115 Å². The lowest BCUT2D eigenvalue weighted by atomic mass is 10.3. The van der Waals surface area contributed by atoms with Crippen molar-refractivity contribution in [3.8, 4) is 0 Å². The third-order valence-electron chi connectivity index (χ3n) is 2.41. The van der Waals surface area contributed by atoms with Crippen LogP contribution in [0.5, 0.6) is 0 Å². The summed E-state index contributed by atoms with van der Waals surface area (Å²) in [6.07, 6.45) is 1.92. The van der Waals surface area contributed by atoms with Crippen LogP contribution in [-0.2, 0) is 9.47 Å². The normalized spacial score (nSPS) is 12.6. The predicted octanol–water partition coefficient (Wildman–Crippen LogP) is 1.19. The zero-order valence-electron chi connectivity index (χ0n) is 11.6. The summed E-state index contributed by atoms with van der Waals surface area (Å²) in [4.78, 5) is 24.6. The molecule has 1 heterocycles. The fourth-order valence-electron chi connectivity index (χ4n) is 1.61. The first kappa shape index (κ1) is 16.3. The van der Waals surface area contributed by atoms with Crippen molar-refractivity contribution in [2.75, 3.05) is 13.2 Å². The first-order chi connectivity index (χ1) is 9.45. The number of halogens is 1. The van der Waals surface area contributed by atoms with Gasteiger partial charge in [-0.25, -0.2) is 4.79 Å². The average molecular weight is 286 g/mol. The highest BCUT2D eigenvalue weighted by molar-refractivity contribution is 4.88. The topological polar surface area (TPSA) is 73.3 Å². The number of ether oxygens (including phenoxy) is 2. The zero-order chi connectivity index (χ0) is 15.1. The lowest BCUT2D eigenvalue weighted by molar-refractivity contribution is -0.0567. The van der Waals surface area contributed by atoms with Crippen molar-refractivity contribution in [3.05, 3.63) is 45.5 Å². The second kappa shape index (κ2) is 7.76. The van der Waals surface area contributed by atoms with Crippen LogP contribution < -0.4 is 11.2 Å². The molecule has 0 radical (unpaired) electrons. The van der Waals surface area contributed by atoms with E-state index in [0.717, 1.165) is 10.8 Å². The minimum atomic E-state index is -1.04. The molecule has 0 saturated carbocycles. The van der Waals surface area contributed by atoms with E-state index in [1.807, 2.05) is 4.98 Å². The Bertz CT molecular complexity index is 550. The van der Waals surface area contributed by atoms with E-state index in [2.05, 4.69) is 6.58 Å². The molecule has 0 fully saturated rings. The number of aromatic nitrogens is 2. The highest BCUT2D eigenvalue weighted by atomic mass is 19.1. The molecular formula is C13H19FN2O4. The van der Waals surface area contributed by atoms with Crippen molar-refractivity contribution in [1.29, 1.82) is 0 Å². The Balaban J connectivity index is 2.92. The highest BCUT2D eigenvalue weighted by Crippen LogP contribution is 2.13. The molecule has 0 saturated heterocycles. The van der Waals surface area contributed by atoms with Crippen LogP contribution in [0.3, 0.4) is 0 Å². The fourth-order valence-corrected chi connectivity index (χ4v) is 1.61. The first-order valence-corrected chi connectivity index (χ1v) is 6.30. The second-order valence-corrected chi connectivity index (χ2v) is 4.44. The summed E-state index contributed by atoms with van der Waals surface area (Å²) in [6, 6.07) is 0. The number of rotatable bonds is 8. The third-order valence-corrected chi connectivity index (χ3v) is 2.41. The monoisotopic (exact) mass is 286 g/mol. The molecule has 0 aliphatic heterocycles. The first-order valence-electron chi connectivity index (χ1n) is 6.30. The van der Waals surface area contributed by atoms with Gasteiger partial charge in [0.1, 0.15) is 6.23 Å². The standard InChI is InChI=1S/C13H19FN2O4/c1-4-6-19-7-5-11(20-9(2)3)16-8-10(14)12(17)15-13(16)18/h4,8-9,11H,1,5-7H2,2-3H3,(H,15,17,18)/t11-/m1/s1. The minimum Gasteiger partial charge on any atom is -0.377 e. The van der Waals surface area contributed by atoms with Crippen LogP contribution in [0.4, 0.5) is 4.39 Å². The van der Waals surface area contributed by atoms with E-state index in [0.29, 0.717) is 19.6 Å². The van der Waals surface area contributed by atoms with Crippen molar-refractivity contribution in [2.24, 2.45) is 0 Å². The van der Waals surface area contributed by atoms with Gasteiger partial charge in [-0.2, -0.15) is 4.39 Å². The maximum atomic E-state index is 13.3. The van der Waals surface area contributed by atoms with E-state index in [4.69, 9.17) is 9.47 Å². The highest BCUT2D eigenvalue weighted by Gasteiger charge is 2.16. The summed E-state index contributed by atoms with van der Waals surface area (Å²) in [6.45, 7) is 7.81. The summed E-state index contributed by atoms with van der Waals surface area (Å²) in [7, 11) is 0. The third kappa shape index (κ3) is 4.75. The van der Waals surface area contributed by atoms with Crippen molar-refractivity contribution < 1.29 is 13.9 Å².